The Balaban J connectivity index is 2.16. The normalized spacial score (nSPS) is 20.6. The number of rotatable bonds is 5. The van der Waals surface area contributed by atoms with E-state index in [1.165, 1.54) is 25.4 Å². The van der Waals surface area contributed by atoms with Crippen molar-refractivity contribution in [3.8, 4) is 0 Å². The topological polar surface area (TPSA) is 73.0 Å². The first-order chi connectivity index (χ1) is 10.9. The molecular weight excluding hydrogens is 316 g/mol. The molecule has 0 saturated carbocycles. The van der Waals surface area contributed by atoms with Gasteiger partial charge in [0.05, 0.1) is 0 Å². The van der Waals surface area contributed by atoms with E-state index >= 15 is 0 Å². The van der Waals surface area contributed by atoms with Gasteiger partial charge in [-0.05, 0) is 5.56 Å². The van der Waals surface area contributed by atoms with Crippen molar-refractivity contribution in [3.63, 3.8) is 0 Å². The number of likely N-dealkylation sites (N-methyl/N-ethyl adjacent to an activating group) is 1. The number of nitrogens with zero attached hydrogens (tertiary/aromatic N) is 3. The van der Waals surface area contributed by atoms with Crippen LogP contribution in [0.15, 0.2) is 30.3 Å². The lowest BCUT2D eigenvalue weighted by atomic mass is 10.1. The van der Waals surface area contributed by atoms with Crippen LogP contribution in [0.4, 0.5) is 0 Å². The molecule has 23 heavy (non-hydrogen) atoms. The Hall–Kier alpha value is -1.48. The molecule has 1 amide bonds. The lowest BCUT2D eigenvalue weighted by molar-refractivity contribution is -0.126. The van der Waals surface area contributed by atoms with Crippen molar-refractivity contribution < 1.29 is 13.2 Å². The predicted molar refractivity (Wildman–Crippen MR) is 88.9 cm³/mol. The van der Waals surface area contributed by atoms with Gasteiger partial charge in [0.1, 0.15) is 6.04 Å². The maximum absolute atomic E-state index is 12.4. The van der Waals surface area contributed by atoms with Crippen LogP contribution in [0.25, 0.3) is 0 Å². The van der Waals surface area contributed by atoms with Gasteiger partial charge in [-0.3, -0.25) is 9.69 Å². The summed E-state index contributed by atoms with van der Waals surface area (Å²) >= 11 is 0. The summed E-state index contributed by atoms with van der Waals surface area (Å²) in [5, 5.41) is 2.57. The van der Waals surface area contributed by atoms with Crippen LogP contribution < -0.4 is 5.32 Å². The van der Waals surface area contributed by atoms with Gasteiger partial charge in [0.15, 0.2) is 0 Å². The summed E-state index contributed by atoms with van der Waals surface area (Å²) in [6.45, 7) is 1.96. The molecule has 8 heteroatoms. The van der Waals surface area contributed by atoms with Gasteiger partial charge in [0, 0.05) is 47.3 Å². The van der Waals surface area contributed by atoms with Crippen molar-refractivity contribution in [2.75, 3.05) is 40.8 Å². The SMILES string of the molecule is CNC(=O)C1CN(Cc2ccccc2)CCN1S(=O)(=O)N(C)C. The van der Waals surface area contributed by atoms with Crippen molar-refractivity contribution in [1.29, 1.82) is 0 Å². The Bertz CT molecular complexity index is 633. The maximum atomic E-state index is 12.4. The Morgan fingerprint density at radius 1 is 1.26 bits per heavy atom. The molecule has 1 N–H and O–H groups in total. The summed E-state index contributed by atoms with van der Waals surface area (Å²) in [6.07, 6.45) is 0. The summed E-state index contributed by atoms with van der Waals surface area (Å²) in [7, 11) is 0.863. The largest absolute Gasteiger partial charge is 0.358 e. The molecule has 1 aromatic rings. The molecule has 0 bridgehead atoms. The lowest BCUT2D eigenvalue weighted by Crippen LogP contribution is -2.61. The van der Waals surface area contributed by atoms with Crippen LogP contribution in [-0.2, 0) is 21.5 Å². The number of amides is 1. The van der Waals surface area contributed by atoms with E-state index in [1.807, 2.05) is 30.3 Å². The minimum Gasteiger partial charge on any atom is -0.358 e. The van der Waals surface area contributed by atoms with Gasteiger partial charge >= 0.3 is 0 Å². The predicted octanol–water partition coefficient (Wildman–Crippen LogP) is -0.275. The molecule has 0 aliphatic carbocycles. The average molecular weight is 340 g/mol. The summed E-state index contributed by atoms with van der Waals surface area (Å²) in [5.74, 6) is -0.284. The second-order valence-electron chi connectivity index (χ2n) is 5.75. The van der Waals surface area contributed by atoms with Crippen LogP contribution in [0.5, 0.6) is 0 Å². The highest BCUT2D eigenvalue weighted by Gasteiger charge is 2.39. The summed E-state index contributed by atoms with van der Waals surface area (Å²) in [6, 6.07) is 9.23. The zero-order valence-electron chi connectivity index (χ0n) is 13.8. The molecule has 1 saturated heterocycles. The van der Waals surface area contributed by atoms with Crippen molar-refractivity contribution >= 4 is 16.1 Å². The van der Waals surface area contributed by atoms with Gasteiger partial charge in [0.2, 0.25) is 5.91 Å². The van der Waals surface area contributed by atoms with E-state index in [4.69, 9.17) is 0 Å². The summed E-state index contributed by atoms with van der Waals surface area (Å²) < 4.78 is 27.3. The summed E-state index contributed by atoms with van der Waals surface area (Å²) in [4.78, 5) is 14.3. The fourth-order valence-electron chi connectivity index (χ4n) is 2.67. The highest BCUT2D eigenvalue weighted by atomic mass is 32.2. The average Bonchev–Trinajstić information content (AvgIpc) is 2.54. The fourth-order valence-corrected chi connectivity index (χ4v) is 3.89. The number of benzene rings is 1. The van der Waals surface area contributed by atoms with Crippen molar-refractivity contribution in [2.45, 2.75) is 12.6 Å². The third-order valence-corrected chi connectivity index (χ3v) is 5.92. The summed E-state index contributed by atoms with van der Waals surface area (Å²) in [5.41, 5.74) is 1.15. The molecule has 2 rings (SSSR count). The Kier molecular flexibility index (Phi) is 5.74. The van der Waals surface area contributed by atoms with E-state index in [2.05, 4.69) is 10.2 Å². The Labute approximate surface area is 138 Å². The number of carbonyl (C=O) groups excluding carboxylic acids is 1. The first-order valence-corrected chi connectivity index (χ1v) is 8.93. The number of nitrogens with one attached hydrogen (secondary N) is 1. The third kappa shape index (κ3) is 4.08. The van der Waals surface area contributed by atoms with Gasteiger partial charge in [-0.1, -0.05) is 30.3 Å². The molecule has 128 valence electrons. The van der Waals surface area contributed by atoms with Crippen LogP contribution in [-0.4, -0.2) is 74.7 Å². The molecule has 7 nitrogen and oxygen atoms in total. The van der Waals surface area contributed by atoms with Crippen molar-refractivity contribution in [2.24, 2.45) is 0 Å². The first-order valence-electron chi connectivity index (χ1n) is 7.53. The van der Waals surface area contributed by atoms with Gasteiger partial charge in [-0.2, -0.15) is 17.0 Å². The molecule has 0 aromatic heterocycles. The van der Waals surface area contributed by atoms with Gasteiger partial charge in [-0.25, -0.2) is 0 Å². The highest BCUT2D eigenvalue weighted by Crippen LogP contribution is 2.18. The van der Waals surface area contributed by atoms with Crippen molar-refractivity contribution in [3.05, 3.63) is 35.9 Å². The second kappa shape index (κ2) is 7.39. The zero-order chi connectivity index (χ0) is 17.0. The van der Waals surface area contributed by atoms with Crippen LogP contribution >= 0.6 is 0 Å². The third-order valence-electron chi connectivity index (χ3n) is 3.97. The minimum absolute atomic E-state index is 0.284. The van der Waals surface area contributed by atoms with Crippen LogP contribution in [0.3, 0.4) is 0 Å². The van der Waals surface area contributed by atoms with Crippen LogP contribution in [0, 0.1) is 0 Å². The smallest absolute Gasteiger partial charge is 0.282 e. The van der Waals surface area contributed by atoms with Gasteiger partial charge < -0.3 is 5.32 Å². The van der Waals surface area contributed by atoms with E-state index in [0.717, 1.165) is 9.87 Å². The Morgan fingerprint density at radius 2 is 1.91 bits per heavy atom. The van der Waals surface area contributed by atoms with Gasteiger partial charge in [0.25, 0.3) is 10.2 Å². The number of carbonyl (C=O) groups is 1. The van der Waals surface area contributed by atoms with E-state index < -0.39 is 16.3 Å². The fraction of sp³-hybridized carbons (Fsp3) is 0.533. The number of hydrogen-bond acceptors (Lipinski definition) is 4. The zero-order valence-corrected chi connectivity index (χ0v) is 14.6. The molecule has 1 unspecified atom stereocenters. The monoisotopic (exact) mass is 340 g/mol. The van der Waals surface area contributed by atoms with Crippen molar-refractivity contribution in [1.82, 2.24) is 18.8 Å². The van der Waals surface area contributed by atoms with E-state index in [9.17, 15) is 13.2 Å². The molecular formula is C15H24N4O3S. The molecule has 0 radical (unpaired) electrons. The van der Waals surface area contributed by atoms with E-state index in [-0.39, 0.29) is 5.91 Å². The second-order valence-corrected chi connectivity index (χ2v) is 7.85. The maximum Gasteiger partial charge on any atom is 0.282 e. The van der Waals surface area contributed by atoms with Gasteiger partial charge in [-0.15, -0.1) is 0 Å². The number of hydrogen-bond donors (Lipinski definition) is 1. The van der Waals surface area contributed by atoms with E-state index in [0.29, 0.717) is 26.2 Å². The molecule has 1 aliphatic heterocycles. The minimum atomic E-state index is -3.62. The Morgan fingerprint density at radius 3 is 2.48 bits per heavy atom. The molecule has 0 spiro atoms. The standard InChI is InChI=1S/C15H24N4O3S/c1-16-15(20)14-12-18(11-13-7-5-4-6-8-13)9-10-19(14)23(21,22)17(2)3/h4-8,14H,9-12H2,1-3H3,(H,16,20). The van der Waals surface area contributed by atoms with Crippen LogP contribution in [0.1, 0.15) is 5.56 Å². The molecule has 1 aliphatic rings. The lowest BCUT2D eigenvalue weighted by Gasteiger charge is -2.40. The van der Waals surface area contributed by atoms with E-state index in [1.54, 1.807) is 0 Å². The molecule has 1 atom stereocenters. The van der Waals surface area contributed by atoms with Crippen LogP contribution in [0.2, 0.25) is 0 Å². The molecule has 1 aromatic carbocycles. The quantitative estimate of drug-likeness (QED) is 0.801. The molecule has 1 heterocycles. The molecule has 1 fully saturated rings. The highest BCUT2D eigenvalue weighted by molar-refractivity contribution is 7.86. The number of piperazine rings is 1. The first kappa shape index (κ1) is 17.9.